The Labute approximate surface area is 73.0 Å². The van der Waals surface area contributed by atoms with Crippen LogP contribution in [0.4, 0.5) is 0 Å². The van der Waals surface area contributed by atoms with Gasteiger partial charge in [0.1, 0.15) is 23.7 Å². The van der Waals surface area contributed by atoms with Gasteiger partial charge in [-0.25, -0.2) is 4.79 Å². The predicted molar refractivity (Wildman–Crippen MR) is 37.6 cm³/mol. The summed E-state index contributed by atoms with van der Waals surface area (Å²) in [6, 6.07) is 0. The molecule has 0 aromatic rings. The minimum Gasteiger partial charge on any atom is -0.347 e. The Morgan fingerprint density at radius 3 is 2.18 bits per heavy atom. The van der Waals surface area contributed by atoms with Crippen LogP contribution in [0.3, 0.4) is 0 Å². The molecule has 0 N–H and O–H groups in total. The van der Waals surface area contributed by atoms with Gasteiger partial charge in [0.2, 0.25) is 0 Å². The Morgan fingerprint density at radius 2 is 1.82 bits per heavy atom. The maximum atomic E-state index is 10.5. The molecule has 0 rings (SSSR count). The van der Waals surface area contributed by atoms with E-state index in [1.165, 1.54) is 0 Å². The van der Waals surface area contributed by atoms with Gasteiger partial charge in [-0.15, -0.1) is 0 Å². The van der Waals surface area contributed by atoms with Crippen LogP contribution in [0.15, 0.2) is 12.2 Å². The molecule has 0 spiro atoms. The van der Waals surface area contributed by atoms with Crippen LogP contribution in [-0.4, -0.2) is 11.9 Å². The number of carbonyl (C=O) groups excluding carboxylic acids is 2. The first kappa shape index (κ1) is 10.3. The van der Waals surface area contributed by atoms with Crippen molar-refractivity contribution < 1.29 is 18.2 Å². The highest BCUT2D eigenvalue weighted by molar-refractivity contribution is 6.17. The van der Waals surface area contributed by atoms with Crippen LogP contribution >= 0.6 is 23.7 Å². The molecule has 0 saturated carbocycles. The van der Waals surface area contributed by atoms with Crippen LogP contribution in [0.25, 0.3) is 0 Å². The molecule has 6 heteroatoms. The first-order valence-electron chi connectivity index (χ1n) is 2.44. The van der Waals surface area contributed by atoms with Crippen LogP contribution < -0.4 is 0 Å². The minimum absolute atomic E-state index is 0.120. The molecule has 0 aliphatic carbocycles. The molecule has 11 heavy (non-hydrogen) atoms. The zero-order valence-electron chi connectivity index (χ0n) is 5.30. The highest BCUT2D eigenvalue weighted by Crippen LogP contribution is 2.04. The highest BCUT2D eigenvalue weighted by Gasteiger charge is 2.13. The van der Waals surface area contributed by atoms with Crippen molar-refractivity contribution in [3.05, 3.63) is 12.2 Å². The lowest BCUT2D eigenvalue weighted by Crippen LogP contribution is -2.06. The normalized spacial score (nSPS) is 8.55. The van der Waals surface area contributed by atoms with Gasteiger partial charge in [-0.2, -0.15) is 0 Å². The Bertz CT molecular complexity index is 189. The average Bonchev–Trinajstić information content (AvgIpc) is 2.02. The molecule has 0 atom stereocenters. The zero-order valence-corrected chi connectivity index (χ0v) is 6.81. The summed E-state index contributed by atoms with van der Waals surface area (Å²) in [5.41, 5.74) is -0.120. The fourth-order valence-electron chi connectivity index (χ4n) is 0.328. The smallest absolute Gasteiger partial charge is 0.347 e. The topological polar surface area (TPSA) is 52.6 Å². The standard InChI is InChI=1S/C5H4Cl2O4/c1-3(5(9)11-7)2-4(8)10-6/h1-2H2. The molecule has 0 radical (unpaired) electrons. The molecule has 0 aliphatic rings. The van der Waals surface area contributed by atoms with Crippen LogP contribution in [0, 0.1) is 0 Å². The summed E-state index contributed by atoms with van der Waals surface area (Å²) in [5, 5.41) is 0. The lowest BCUT2D eigenvalue weighted by molar-refractivity contribution is -0.136. The minimum atomic E-state index is -0.881. The lowest BCUT2D eigenvalue weighted by Gasteiger charge is -1.96. The third-order valence-electron chi connectivity index (χ3n) is 0.803. The summed E-state index contributed by atoms with van der Waals surface area (Å²) in [4.78, 5) is 20.8. The van der Waals surface area contributed by atoms with E-state index in [0.29, 0.717) is 0 Å². The first-order valence-corrected chi connectivity index (χ1v) is 3.05. The van der Waals surface area contributed by atoms with Gasteiger partial charge in [0.05, 0.1) is 6.42 Å². The van der Waals surface area contributed by atoms with E-state index in [-0.39, 0.29) is 12.0 Å². The van der Waals surface area contributed by atoms with E-state index in [1.807, 2.05) is 0 Å². The summed E-state index contributed by atoms with van der Waals surface area (Å²) >= 11 is 9.35. The molecule has 0 fully saturated rings. The Morgan fingerprint density at radius 1 is 1.27 bits per heavy atom. The fraction of sp³-hybridized carbons (Fsp3) is 0.200. The second-order valence-electron chi connectivity index (χ2n) is 1.59. The van der Waals surface area contributed by atoms with Crippen molar-refractivity contribution in [2.75, 3.05) is 0 Å². The number of halogens is 2. The van der Waals surface area contributed by atoms with Crippen molar-refractivity contribution in [1.29, 1.82) is 0 Å². The van der Waals surface area contributed by atoms with Crippen molar-refractivity contribution in [3.63, 3.8) is 0 Å². The number of carbonyl (C=O) groups is 2. The van der Waals surface area contributed by atoms with E-state index < -0.39 is 11.9 Å². The fourth-order valence-corrected chi connectivity index (χ4v) is 0.492. The second-order valence-corrected chi connectivity index (χ2v) is 1.90. The Kier molecular flexibility index (Phi) is 4.65. The molecule has 0 heterocycles. The summed E-state index contributed by atoms with van der Waals surface area (Å²) in [6.45, 7) is 3.19. The molecule has 0 amide bonds. The van der Waals surface area contributed by atoms with Crippen LogP contribution in [0.1, 0.15) is 6.42 Å². The van der Waals surface area contributed by atoms with Crippen LogP contribution in [0.2, 0.25) is 0 Å². The Balaban J connectivity index is 3.88. The van der Waals surface area contributed by atoms with Gasteiger partial charge < -0.3 is 8.58 Å². The number of rotatable bonds is 3. The highest BCUT2D eigenvalue weighted by atomic mass is 35.5. The predicted octanol–water partition coefficient (Wildman–Crippen LogP) is 1.33. The van der Waals surface area contributed by atoms with Crippen LogP contribution in [0.5, 0.6) is 0 Å². The maximum Gasteiger partial charge on any atom is 0.352 e. The first-order chi connectivity index (χ1) is 5.11. The summed E-state index contributed by atoms with van der Waals surface area (Å²) in [7, 11) is 0. The van der Waals surface area contributed by atoms with Gasteiger partial charge in [0, 0.05) is 5.57 Å². The van der Waals surface area contributed by atoms with Gasteiger partial charge in [0.25, 0.3) is 0 Å². The third kappa shape index (κ3) is 3.85. The van der Waals surface area contributed by atoms with Crippen molar-refractivity contribution in [3.8, 4) is 0 Å². The van der Waals surface area contributed by atoms with Crippen molar-refractivity contribution in [2.45, 2.75) is 6.42 Å². The van der Waals surface area contributed by atoms with E-state index in [1.54, 1.807) is 0 Å². The summed E-state index contributed by atoms with van der Waals surface area (Å²) in [5.74, 6) is -1.67. The molecular formula is C5H4Cl2O4. The van der Waals surface area contributed by atoms with Crippen LogP contribution in [-0.2, 0) is 18.2 Å². The molecular weight excluding hydrogens is 195 g/mol. The van der Waals surface area contributed by atoms with Gasteiger partial charge >= 0.3 is 11.9 Å². The van der Waals surface area contributed by atoms with Gasteiger partial charge in [0.15, 0.2) is 0 Å². The number of hydrogen-bond acceptors (Lipinski definition) is 4. The van der Waals surface area contributed by atoms with Crippen molar-refractivity contribution >= 4 is 35.7 Å². The SMILES string of the molecule is C=C(CC(=O)OCl)C(=O)OCl. The molecule has 0 saturated heterocycles. The average molecular weight is 199 g/mol. The monoisotopic (exact) mass is 198 g/mol. The summed E-state index contributed by atoms with van der Waals surface area (Å²) < 4.78 is 7.48. The summed E-state index contributed by atoms with van der Waals surface area (Å²) in [6.07, 6.45) is -0.338. The van der Waals surface area contributed by atoms with Gasteiger partial charge in [-0.05, 0) is 0 Å². The van der Waals surface area contributed by atoms with E-state index >= 15 is 0 Å². The number of hydrogen-bond donors (Lipinski definition) is 0. The third-order valence-corrected chi connectivity index (χ3v) is 1.11. The van der Waals surface area contributed by atoms with Gasteiger partial charge in [-0.1, -0.05) is 6.58 Å². The zero-order chi connectivity index (χ0) is 8.85. The van der Waals surface area contributed by atoms with E-state index in [4.69, 9.17) is 0 Å². The maximum absolute atomic E-state index is 10.5. The van der Waals surface area contributed by atoms with E-state index in [2.05, 4.69) is 38.9 Å². The van der Waals surface area contributed by atoms with Gasteiger partial charge in [-0.3, -0.25) is 4.79 Å². The molecule has 0 aliphatic heterocycles. The van der Waals surface area contributed by atoms with E-state index in [0.717, 1.165) is 0 Å². The van der Waals surface area contributed by atoms with Crippen molar-refractivity contribution in [2.24, 2.45) is 0 Å². The molecule has 0 bridgehead atoms. The molecule has 0 unspecified atom stereocenters. The Hall–Kier alpha value is -0.740. The van der Waals surface area contributed by atoms with E-state index in [9.17, 15) is 9.59 Å². The molecule has 62 valence electrons. The van der Waals surface area contributed by atoms with Crippen molar-refractivity contribution in [1.82, 2.24) is 0 Å². The molecule has 0 aromatic carbocycles. The molecule has 4 nitrogen and oxygen atoms in total. The lowest BCUT2D eigenvalue weighted by atomic mass is 10.2. The largest absolute Gasteiger partial charge is 0.352 e. The quantitative estimate of drug-likeness (QED) is 0.643. The molecule has 0 aromatic heterocycles. The second kappa shape index (κ2) is 4.98.